The molecule has 160 valence electrons. The fourth-order valence-electron chi connectivity index (χ4n) is 3.00. The summed E-state index contributed by atoms with van der Waals surface area (Å²) in [6, 6.07) is 10.2. The van der Waals surface area contributed by atoms with Crippen LogP contribution >= 0.6 is 0 Å². The highest BCUT2D eigenvalue weighted by Gasteiger charge is 2.18. The molecule has 3 aromatic rings. The SMILES string of the molecule is COc1ccc(-n2[nH]c(C(C)C)c(C=Nc3ccc([N+](=O)[O-])cc3C(=O)O)c2=O)cc1. The number of aromatic carboxylic acids is 1. The molecule has 2 N–H and O–H groups in total. The Bertz CT molecular complexity index is 1220. The van der Waals surface area contributed by atoms with Crippen LogP contribution < -0.4 is 10.3 Å². The maximum Gasteiger partial charge on any atom is 0.338 e. The molecule has 2 aromatic carbocycles. The van der Waals surface area contributed by atoms with E-state index in [2.05, 4.69) is 10.1 Å². The van der Waals surface area contributed by atoms with Gasteiger partial charge in [-0.1, -0.05) is 13.8 Å². The summed E-state index contributed by atoms with van der Waals surface area (Å²) in [5, 5.41) is 23.4. The molecule has 0 aliphatic heterocycles. The number of non-ortho nitro benzene ring substituents is 1. The maximum atomic E-state index is 13.0. The summed E-state index contributed by atoms with van der Waals surface area (Å²) in [6.07, 6.45) is 1.28. The predicted octanol–water partition coefficient (Wildman–Crippen LogP) is 3.65. The van der Waals surface area contributed by atoms with Gasteiger partial charge in [0.2, 0.25) is 0 Å². The molecule has 0 aliphatic carbocycles. The number of nitro benzene ring substituents is 1. The zero-order valence-corrected chi connectivity index (χ0v) is 17.0. The molecule has 0 saturated carbocycles. The number of ether oxygens (including phenoxy) is 1. The normalized spacial score (nSPS) is 11.2. The number of carboxylic acid groups (broad SMARTS) is 1. The van der Waals surface area contributed by atoms with E-state index >= 15 is 0 Å². The highest BCUT2D eigenvalue weighted by atomic mass is 16.6. The van der Waals surface area contributed by atoms with Crippen molar-refractivity contribution in [2.45, 2.75) is 19.8 Å². The molecule has 0 saturated heterocycles. The highest BCUT2D eigenvalue weighted by molar-refractivity contribution is 5.96. The minimum absolute atomic E-state index is 0.00408. The van der Waals surface area contributed by atoms with E-state index in [4.69, 9.17) is 4.74 Å². The second kappa shape index (κ2) is 8.66. The topological polar surface area (TPSA) is 140 Å². The molecule has 0 spiro atoms. The van der Waals surface area contributed by atoms with Crippen molar-refractivity contribution in [3.63, 3.8) is 0 Å². The van der Waals surface area contributed by atoms with Crippen LogP contribution in [0.5, 0.6) is 5.75 Å². The van der Waals surface area contributed by atoms with Crippen LogP contribution in [0.15, 0.2) is 52.3 Å². The van der Waals surface area contributed by atoms with Gasteiger partial charge in [0.25, 0.3) is 11.2 Å². The molecule has 10 nitrogen and oxygen atoms in total. The number of carboxylic acids is 1. The monoisotopic (exact) mass is 424 g/mol. The van der Waals surface area contributed by atoms with Crippen molar-refractivity contribution in [1.82, 2.24) is 9.78 Å². The van der Waals surface area contributed by atoms with Crippen LogP contribution in [0.2, 0.25) is 0 Å². The fraction of sp³-hybridized carbons (Fsp3) is 0.190. The van der Waals surface area contributed by atoms with E-state index in [-0.39, 0.29) is 34.0 Å². The number of methoxy groups -OCH3 is 1. The van der Waals surface area contributed by atoms with Crippen molar-refractivity contribution in [2.24, 2.45) is 4.99 Å². The smallest absolute Gasteiger partial charge is 0.338 e. The molecule has 0 bridgehead atoms. The number of hydrogen-bond donors (Lipinski definition) is 2. The van der Waals surface area contributed by atoms with Gasteiger partial charge >= 0.3 is 5.97 Å². The Hall–Kier alpha value is -4.21. The number of benzene rings is 2. The number of rotatable bonds is 7. The van der Waals surface area contributed by atoms with Crippen molar-refractivity contribution in [1.29, 1.82) is 0 Å². The van der Waals surface area contributed by atoms with Crippen LogP contribution in [0.3, 0.4) is 0 Å². The largest absolute Gasteiger partial charge is 0.497 e. The van der Waals surface area contributed by atoms with Gasteiger partial charge in [0, 0.05) is 24.0 Å². The zero-order chi connectivity index (χ0) is 22.7. The van der Waals surface area contributed by atoms with Crippen molar-refractivity contribution in [2.75, 3.05) is 7.11 Å². The first-order valence-corrected chi connectivity index (χ1v) is 9.28. The van der Waals surface area contributed by atoms with Crippen LogP contribution in [0, 0.1) is 10.1 Å². The van der Waals surface area contributed by atoms with Crippen LogP contribution in [-0.4, -0.2) is 39.1 Å². The standard InChI is InChI=1S/C21H20N4O6/c1-12(2)19-17(20(26)24(23-19)13-4-7-15(31-3)8-5-13)11-22-18-9-6-14(25(29)30)10-16(18)21(27)28/h4-12,23H,1-3H3,(H,27,28). The quantitative estimate of drug-likeness (QED) is 0.337. The van der Waals surface area contributed by atoms with Crippen molar-refractivity contribution in [3.8, 4) is 11.4 Å². The summed E-state index contributed by atoms with van der Waals surface area (Å²) in [4.78, 5) is 38.9. The molecule has 0 radical (unpaired) electrons. The van der Waals surface area contributed by atoms with Crippen LogP contribution in [0.4, 0.5) is 11.4 Å². The van der Waals surface area contributed by atoms with Gasteiger partial charge in [-0.3, -0.25) is 25.0 Å². The number of H-pyrrole nitrogens is 1. The van der Waals surface area contributed by atoms with Gasteiger partial charge in [-0.15, -0.1) is 0 Å². The van der Waals surface area contributed by atoms with E-state index in [0.717, 1.165) is 12.1 Å². The first-order chi connectivity index (χ1) is 14.7. The number of aliphatic imine (C=N–C) groups is 1. The minimum Gasteiger partial charge on any atom is -0.497 e. The Balaban J connectivity index is 2.08. The number of aromatic nitrogens is 2. The number of hydrogen-bond acceptors (Lipinski definition) is 6. The van der Waals surface area contributed by atoms with Gasteiger partial charge < -0.3 is 9.84 Å². The Morgan fingerprint density at radius 3 is 2.48 bits per heavy atom. The summed E-state index contributed by atoms with van der Waals surface area (Å²) in [7, 11) is 1.55. The molecule has 3 rings (SSSR count). The third kappa shape index (κ3) is 4.37. The molecule has 1 heterocycles. The fourth-order valence-corrected chi connectivity index (χ4v) is 3.00. The number of nitro groups is 1. The van der Waals surface area contributed by atoms with Crippen LogP contribution in [0.25, 0.3) is 5.69 Å². The average Bonchev–Trinajstić information content (AvgIpc) is 3.08. The van der Waals surface area contributed by atoms with Gasteiger partial charge in [-0.2, -0.15) is 0 Å². The third-order valence-corrected chi connectivity index (χ3v) is 4.62. The van der Waals surface area contributed by atoms with Crippen LogP contribution in [0.1, 0.15) is 41.4 Å². The van der Waals surface area contributed by atoms with E-state index < -0.39 is 10.9 Å². The zero-order valence-electron chi connectivity index (χ0n) is 17.0. The predicted molar refractivity (Wildman–Crippen MR) is 114 cm³/mol. The molecular formula is C21H20N4O6. The third-order valence-electron chi connectivity index (χ3n) is 4.62. The number of nitrogens with one attached hydrogen (secondary N) is 1. The average molecular weight is 424 g/mol. The molecule has 1 aromatic heterocycles. The molecule has 0 unspecified atom stereocenters. The lowest BCUT2D eigenvalue weighted by Gasteiger charge is -2.05. The van der Waals surface area contributed by atoms with E-state index in [1.807, 2.05) is 13.8 Å². The van der Waals surface area contributed by atoms with Crippen molar-refractivity contribution < 1.29 is 19.6 Å². The van der Waals surface area contributed by atoms with Crippen LogP contribution in [-0.2, 0) is 0 Å². The molecule has 31 heavy (non-hydrogen) atoms. The summed E-state index contributed by atoms with van der Waals surface area (Å²) in [5.41, 5.74) is 0.420. The Morgan fingerprint density at radius 1 is 1.26 bits per heavy atom. The molecule has 10 heteroatoms. The lowest BCUT2D eigenvalue weighted by molar-refractivity contribution is -0.384. The Kier molecular flexibility index (Phi) is 6.00. The molecule has 0 fully saturated rings. The Labute approximate surface area is 176 Å². The molecule has 0 atom stereocenters. The van der Waals surface area contributed by atoms with E-state index in [1.165, 1.54) is 17.0 Å². The van der Waals surface area contributed by atoms with Gasteiger partial charge in [0.1, 0.15) is 5.75 Å². The number of carbonyl (C=O) groups is 1. The van der Waals surface area contributed by atoms with Crippen molar-refractivity contribution >= 4 is 23.6 Å². The highest BCUT2D eigenvalue weighted by Crippen LogP contribution is 2.25. The first-order valence-electron chi connectivity index (χ1n) is 9.28. The molecule has 0 amide bonds. The van der Waals surface area contributed by atoms with Gasteiger partial charge in [0.15, 0.2) is 0 Å². The lowest BCUT2D eigenvalue weighted by atomic mass is 10.1. The second-order valence-electron chi connectivity index (χ2n) is 6.95. The van der Waals surface area contributed by atoms with E-state index in [1.54, 1.807) is 31.4 Å². The number of nitrogens with zero attached hydrogens (tertiary/aromatic N) is 3. The van der Waals surface area contributed by atoms with Crippen molar-refractivity contribution in [3.05, 3.63) is 79.8 Å². The first kappa shape index (κ1) is 21.5. The molecular weight excluding hydrogens is 404 g/mol. The summed E-state index contributed by atoms with van der Waals surface area (Å²) in [6.45, 7) is 3.80. The summed E-state index contributed by atoms with van der Waals surface area (Å²) >= 11 is 0. The lowest BCUT2D eigenvalue weighted by Crippen LogP contribution is -2.17. The van der Waals surface area contributed by atoms with Gasteiger partial charge in [-0.05, 0) is 36.2 Å². The van der Waals surface area contributed by atoms with E-state index in [0.29, 0.717) is 17.1 Å². The maximum absolute atomic E-state index is 13.0. The van der Waals surface area contributed by atoms with Gasteiger partial charge in [0.05, 0.1) is 34.5 Å². The molecule has 0 aliphatic rings. The summed E-state index contributed by atoms with van der Waals surface area (Å²) in [5.74, 6) is -0.761. The van der Waals surface area contributed by atoms with Gasteiger partial charge in [-0.25, -0.2) is 9.48 Å². The summed E-state index contributed by atoms with van der Waals surface area (Å²) < 4.78 is 6.50. The number of aromatic amines is 1. The van der Waals surface area contributed by atoms with E-state index in [9.17, 15) is 24.8 Å². The Morgan fingerprint density at radius 2 is 1.94 bits per heavy atom. The second-order valence-corrected chi connectivity index (χ2v) is 6.95. The minimum atomic E-state index is -1.36.